The van der Waals surface area contributed by atoms with Crippen molar-refractivity contribution in [2.75, 3.05) is 19.7 Å². The Morgan fingerprint density at radius 3 is 2.53 bits per heavy atom. The van der Waals surface area contributed by atoms with Crippen molar-refractivity contribution in [1.82, 2.24) is 5.32 Å². The first-order valence-electron chi connectivity index (χ1n) is 12.8. The van der Waals surface area contributed by atoms with E-state index in [-0.39, 0.29) is 18.3 Å². The average molecular weight is 488 g/mol. The summed E-state index contributed by atoms with van der Waals surface area (Å²) in [5.74, 6) is 0.795. The van der Waals surface area contributed by atoms with Gasteiger partial charge in [0.1, 0.15) is 30.3 Å². The Bertz CT molecular complexity index is 1210. The van der Waals surface area contributed by atoms with Crippen LogP contribution < -0.4 is 14.8 Å². The van der Waals surface area contributed by atoms with Crippen molar-refractivity contribution >= 4 is 5.97 Å². The molecule has 1 aliphatic carbocycles. The molecule has 3 aromatic rings. The van der Waals surface area contributed by atoms with Gasteiger partial charge in [-0.3, -0.25) is 0 Å². The lowest BCUT2D eigenvalue weighted by Crippen LogP contribution is -2.39. The van der Waals surface area contributed by atoms with E-state index in [2.05, 4.69) is 23.5 Å². The van der Waals surface area contributed by atoms with Gasteiger partial charge in [-0.1, -0.05) is 24.3 Å². The van der Waals surface area contributed by atoms with Crippen molar-refractivity contribution in [1.29, 1.82) is 0 Å². The highest BCUT2D eigenvalue weighted by molar-refractivity contribution is 5.88. The fourth-order valence-electron chi connectivity index (χ4n) is 5.04. The molecule has 5 rings (SSSR count). The van der Waals surface area contributed by atoms with E-state index in [0.717, 1.165) is 53.9 Å². The van der Waals surface area contributed by atoms with Gasteiger partial charge in [0.15, 0.2) is 0 Å². The highest BCUT2D eigenvalue weighted by Crippen LogP contribution is 2.32. The molecule has 0 fully saturated rings. The van der Waals surface area contributed by atoms with E-state index < -0.39 is 12.1 Å². The molecule has 6 nitrogen and oxygen atoms in total. The minimum Gasteiger partial charge on any atom is -0.491 e. The maximum Gasteiger partial charge on any atom is 0.335 e. The zero-order valence-electron chi connectivity index (χ0n) is 20.4. The van der Waals surface area contributed by atoms with Crippen molar-refractivity contribution in [2.45, 2.75) is 50.7 Å². The summed E-state index contributed by atoms with van der Waals surface area (Å²) in [5, 5.41) is 22.8. The molecule has 0 bridgehead atoms. The van der Waals surface area contributed by atoms with Crippen molar-refractivity contribution in [3.8, 4) is 22.6 Å². The summed E-state index contributed by atoms with van der Waals surface area (Å²) >= 11 is 0. The van der Waals surface area contributed by atoms with Crippen LogP contribution >= 0.6 is 0 Å². The van der Waals surface area contributed by atoms with E-state index in [1.807, 2.05) is 30.3 Å². The third-order valence-corrected chi connectivity index (χ3v) is 7.07. The molecule has 0 radical (unpaired) electrons. The molecule has 1 aliphatic heterocycles. The molecule has 36 heavy (non-hydrogen) atoms. The summed E-state index contributed by atoms with van der Waals surface area (Å²) in [6.07, 6.45) is 6.02. The third kappa shape index (κ3) is 5.89. The molecule has 2 atom stereocenters. The number of ether oxygens (including phenoxy) is 2. The van der Waals surface area contributed by atoms with Gasteiger partial charge in [0.05, 0.1) is 5.56 Å². The number of aryl methyl sites for hydroxylation is 3. The lowest BCUT2D eigenvalue weighted by atomic mass is 9.92. The highest BCUT2D eigenvalue weighted by Gasteiger charge is 2.20. The molecule has 3 N–H and O–H groups in total. The maximum atomic E-state index is 11.1. The zero-order chi connectivity index (χ0) is 24.9. The van der Waals surface area contributed by atoms with Crippen LogP contribution in [0.5, 0.6) is 11.5 Å². The Labute approximate surface area is 211 Å². The maximum absolute atomic E-state index is 11.1. The largest absolute Gasteiger partial charge is 0.491 e. The number of carboxylic acids is 1. The molecule has 0 amide bonds. The smallest absolute Gasteiger partial charge is 0.335 e. The monoisotopic (exact) mass is 487 g/mol. The summed E-state index contributed by atoms with van der Waals surface area (Å²) < 4.78 is 12.0. The van der Waals surface area contributed by atoms with Gasteiger partial charge in [0.2, 0.25) is 0 Å². The van der Waals surface area contributed by atoms with Crippen molar-refractivity contribution in [2.24, 2.45) is 0 Å². The van der Waals surface area contributed by atoms with Crippen LogP contribution in [0.3, 0.4) is 0 Å². The first-order chi connectivity index (χ1) is 17.5. The fourth-order valence-corrected chi connectivity index (χ4v) is 5.04. The molecule has 2 aliphatic rings. The minimum atomic E-state index is -0.922. The zero-order valence-corrected chi connectivity index (χ0v) is 20.4. The summed E-state index contributed by atoms with van der Waals surface area (Å²) in [4.78, 5) is 11.1. The molecule has 1 heterocycles. The van der Waals surface area contributed by atoms with Gasteiger partial charge in [0.25, 0.3) is 0 Å². The van der Waals surface area contributed by atoms with Crippen LogP contribution in [0, 0.1) is 0 Å². The van der Waals surface area contributed by atoms with Crippen molar-refractivity contribution in [3.63, 3.8) is 0 Å². The average Bonchev–Trinajstić information content (AvgIpc) is 2.91. The number of hydrogen-bond acceptors (Lipinski definition) is 5. The Morgan fingerprint density at radius 2 is 1.72 bits per heavy atom. The fraction of sp³-hybridized carbons (Fsp3) is 0.367. The summed E-state index contributed by atoms with van der Waals surface area (Å²) in [5.41, 5.74) is 6.28. The standard InChI is InChI=1S/C30H33NO5/c32-26(19-35-27-12-9-20-3-1-2-4-23(20)16-27)17-31-18-28-13-10-25-15-24(11-14-29(25)36-28)21-5-7-22(8-6-21)30(33)34/h5-9,11-12,14-16,26,28,31-32H,1-4,10,13,17-19H2,(H,33,34)/t26-,28-/m1/s1. The van der Waals surface area contributed by atoms with Crippen LogP contribution in [0.2, 0.25) is 0 Å². The molecule has 0 saturated carbocycles. The topological polar surface area (TPSA) is 88.0 Å². The van der Waals surface area contributed by atoms with Crippen LogP contribution in [0.15, 0.2) is 60.7 Å². The highest BCUT2D eigenvalue weighted by atomic mass is 16.5. The normalized spacial score (nSPS) is 17.4. The number of aromatic carboxylic acids is 1. The summed E-state index contributed by atoms with van der Waals surface area (Å²) in [7, 11) is 0. The quantitative estimate of drug-likeness (QED) is 0.407. The summed E-state index contributed by atoms with van der Waals surface area (Å²) in [6, 6.07) is 19.3. The van der Waals surface area contributed by atoms with Gasteiger partial charge in [-0.25, -0.2) is 4.79 Å². The number of carbonyl (C=O) groups is 1. The Hall–Kier alpha value is -3.35. The van der Waals surface area contributed by atoms with E-state index in [9.17, 15) is 9.90 Å². The van der Waals surface area contributed by atoms with Gasteiger partial charge in [-0.15, -0.1) is 0 Å². The predicted octanol–water partition coefficient (Wildman–Crippen LogP) is 4.65. The van der Waals surface area contributed by atoms with Gasteiger partial charge >= 0.3 is 5.97 Å². The molecule has 3 aromatic carbocycles. The molecular formula is C30H33NO5. The predicted molar refractivity (Wildman–Crippen MR) is 139 cm³/mol. The van der Waals surface area contributed by atoms with Crippen molar-refractivity contribution < 1.29 is 24.5 Å². The molecule has 6 heteroatoms. The van der Waals surface area contributed by atoms with Crippen LogP contribution in [0.1, 0.15) is 46.3 Å². The lowest BCUT2D eigenvalue weighted by molar-refractivity contribution is 0.0697. The van der Waals surface area contributed by atoms with E-state index in [1.54, 1.807) is 12.1 Å². The van der Waals surface area contributed by atoms with Crippen LogP contribution in [0.25, 0.3) is 11.1 Å². The van der Waals surface area contributed by atoms with E-state index >= 15 is 0 Å². The van der Waals surface area contributed by atoms with Crippen LogP contribution in [0.4, 0.5) is 0 Å². The van der Waals surface area contributed by atoms with E-state index in [4.69, 9.17) is 14.6 Å². The first-order valence-corrected chi connectivity index (χ1v) is 12.8. The minimum absolute atomic E-state index is 0.0481. The second kappa shape index (κ2) is 11.1. The molecule has 188 valence electrons. The number of aliphatic hydroxyl groups excluding tert-OH is 1. The second-order valence-electron chi connectivity index (χ2n) is 9.74. The van der Waals surface area contributed by atoms with E-state index in [1.165, 1.54) is 24.0 Å². The third-order valence-electron chi connectivity index (χ3n) is 7.07. The van der Waals surface area contributed by atoms with Crippen LogP contribution in [-0.2, 0) is 19.3 Å². The van der Waals surface area contributed by atoms with E-state index in [0.29, 0.717) is 13.1 Å². The Morgan fingerprint density at radius 1 is 0.944 bits per heavy atom. The number of nitrogens with one attached hydrogen (secondary N) is 1. The molecule has 0 unspecified atom stereocenters. The van der Waals surface area contributed by atoms with Gasteiger partial charge in [-0.05, 0) is 103 Å². The molecule has 0 saturated heterocycles. The number of fused-ring (bicyclic) bond motifs is 2. The number of hydrogen-bond donors (Lipinski definition) is 3. The van der Waals surface area contributed by atoms with Gasteiger partial charge in [0, 0.05) is 13.1 Å². The number of aliphatic hydroxyl groups is 1. The number of carboxylic acid groups (broad SMARTS) is 1. The van der Waals surface area contributed by atoms with Crippen LogP contribution in [-0.4, -0.2) is 48.1 Å². The second-order valence-corrected chi connectivity index (χ2v) is 9.74. The molecule has 0 spiro atoms. The summed E-state index contributed by atoms with van der Waals surface area (Å²) in [6.45, 7) is 1.37. The first kappa shape index (κ1) is 24.3. The number of benzene rings is 3. The Kier molecular flexibility index (Phi) is 7.54. The van der Waals surface area contributed by atoms with Gasteiger partial charge in [-0.2, -0.15) is 0 Å². The Balaban J connectivity index is 1.07. The number of rotatable bonds is 9. The molecular weight excluding hydrogens is 454 g/mol. The van der Waals surface area contributed by atoms with Gasteiger partial charge < -0.3 is 25.0 Å². The molecule has 0 aromatic heterocycles. The SMILES string of the molecule is O=C(O)c1ccc(-c2ccc3c(c2)CC[C@H](CNC[C@@H](O)COc2ccc4c(c2)CCCC4)O3)cc1. The van der Waals surface area contributed by atoms with Crippen molar-refractivity contribution in [3.05, 3.63) is 82.9 Å². The lowest BCUT2D eigenvalue weighted by Gasteiger charge is -2.27.